The number of benzene rings is 1. The van der Waals surface area contributed by atoms with Gasteiger partial charge in [0.25, 0.3) is 0 Å². The van der Waals surface area contributed by atoms with E-state index in [9.17, 15) is 0 Å². The van der Waals surface area contributed by atoms with Gasteiger partial charge in [0.2, 0.25) is 0 Å². The first-order chi connectivity index (χ1) is 10.3. The average Bonchev–Trinajstić information content (AvgIpc) is 3.00. The maximum atomic E-state index is 4.62. The van der Waals surface area contributed by atoms with Crippen molar-refractivity contribution in [3.63, 3.8) is 0 Å². The van der Waals surface area contributed by atoms with Crippen LogP contribution in [0.2, 0.25) is 0 Å². The van der Waals surface area contributed by atoms with Gasteiger partial charge in [-0.05, 0) is 26.0 Å². The molecule has 0 radical (unpaired) electrons. The molecule has 0 saturated carbocycles. The summed E-state index contributed by atoms with van der Waals surface area (Å²) in [6, 6.07) is 10.5. The Morgan fingerprint density at radius 2 is 2.05 bits per heavy atom. The fourth-order valence-electron chi connectivity index (χ4n) is 2.34. The molecule has 3 rings (SSSR count). The zero-order valence-corrected chi connectivity index (χ0v) is 13.9. The molecule has 0 amide bonds. The number of nitrogens with zero attached hydrogens (tertiary/aromatic N) is 2. The number of hydrogen-bond donors (Lipinski definition) is 1. The summed E-state index contributed by atoms with van der Waals surface area (Å²) in [5.74, 6) is 1.08. The summed E-state index contributed by atoms with van der Waals surface area (Å²) in [5.41, 5.74) is 3.69. The Hall–Kier alpha value is -1.30. The van der Waals surface area contributed by atoms with Crippen LogP contribution in [0.1, 0.15) is 17.1 Å². The standard InChI is InChI=1S/C16H19N3S2/c1-12-11-21-16-18-13(2)15(19(12)16)10-17-8-9-20-14-6-4-3-5-7-14/h3-7,11,17H,8-10H2,1-2H3. The van der Waals surface area contributed by atoms with Crippen molar-refractivity contribution < 1.29 is 0 Å². The molecule has 3 aromatic rings. The zero-order chi connectivity index (χ0) is 14.7. The first-order valence-corrected chi connectivity index (χ1v) is 8.93. The Bertz CT molecular complexity index is 716. The number of fused-ring (bicyclic) bond motifs is 1. The summed E-state index contributed by atoms with van der Waals surface area (Å²) in [7, 11) is 0. The summed E-state index contributed by atoms with van der Waals surface area (Å²) in [4.78, 5) is 7.04. The van der Waals surface area contributed by atoms with Gasteiger partial charge in [0.1, 0.15) is 0 Å². The van der Waals surface area contributed by atoms with E-state index in [1.807, 2.05) is 11.8 Å². The highest BCUT2D eigenvalue weighted by Gasteiger charge is 2.11. The number of imidazole rings is 1. The summed E-state index contributed by atoms with van der Waals surface area (Å²) in [5, 5.41) is 5.69. The predicted octanol–water partition coefficient (Wildman–Crippen LogP) is 3.89. The van der Waals surface area contributed by atoms with Crippen molar-refractivity contribution in [1.82, 2.24) is 14.7 Å². The van der Waals surface area contributed by atoms with Gasteiger partial charge >= 0.3 is 0 Å². The topological polar surface area (TPSA) is 29.3 Å². The van der Waals surface area contributed by atoms with Gasteiger partial charge < -0.3 is 5.32 Å². The molecule has 2 heterocycles. The molecule has 5 heteroatoms. The number of nitrogens with one attached hydrogen (secondary N) is 1. The Morgan fingerprint density at radius 3 is 2.86 bits per heavy atom. The molecule has 0 fully saturated rings. The number of rotatable bonds is 6. The molecule has 110 valence electrons. The maximum Gasteiger partial charge on any atom is 0.194 e. The molecular weight excluding hydrogens is 298 g/mol. The molecule has 1 N–H and O–H groups in total. The number of thioether (sulfide) groups is 1. The lowest BCUT2D eigenvalue weighted by Gasteiger charge is -2.06. The quantitative estimate of drug-likeness (QED) is 0.552. The van der Waals surface area contributed by atoms with E-state index in [0.29, 0.717) is 0 Å². The Morgan fingerprint density at radius 1 is 1.24 bits per heavy atom. The third-order valence-corrected chi connectivity index (χ3v) is 5.37. The molecular formula is C16H19N3S2. The molecule has 0 atom stereocenters. The van der Waals surface area contributed by atoms with Crippen molar-refractivity contribution in [2.45, 2.75) is 25.3 Å². The lowest BCUT2D eigenvalue weighted by Crippen LogP contribution is -2.18. The van der Waals surface area contributed by atoms with Crippen LogP contribution in [0.25, 0.3) is 4.96 Å². The average molecular weight is 317 g/mol. The fourth-order valence-corrected chi connectivity index (χ4v) is 4.10. The summed E-state index contributed by atoms with van der Waals surface area (Å²) in [6.45, 7) is 6.10. The van der Waals surface area contributed by atoms with E-state index in [2.05, 4.69) is 64.3 Å². The highest BCUT2D eigenvalue weighted by atomic mass is 32.2. The number of hydrogen-bond acceptors (Lipinski definition) is 4. The highest BCUT2D eigenvalue weighted by molar-refractivity contribution is 7.99. The van der Waals surface area contributed by atoms with Gasteiger partial charge in [0.15, 0.2) is 4.96 Å². The first kappa shape index (κ1) is 14.6. The van der Waals surface area contributed by atoms with Crippen LogP contribution in [0.5, 0.6) is 0 Å². The van der Waals surface area contributed by atoms with Crippen molar-refractivity contribution in [3.05, 3.63) is 52.8 Å². The van der Waals surface area contributed by atoms with Crippen LogP contribution >= 0.6 is 23.1 Å². The maximum absolute atomic E-state index is 4.62. The largest absolute Gasteiger partial charge is 0.310 e. The third kappa shape index (κ3) is 3.31. The molecule has 21 heavy (non-hydrogen) atoms. The number of thiazole rings is 1. The van der Waals surface area contributed by atoms with Gasteiger partial charge in [0, 0.05) is 34.8 Å². The smallest absolute Gasteiger partial charge is 0.194 e. The lowest BCUT2D eigenvalue weighted by molar-refractivity contribution is 0.704. The van der Waals surface area contributed by atoms with Gasteiger partial charge in [-0.25, -0.2) is 4.98 Å². The van der Waals surface area contributed by atoms with E-state index >= 15 is 0 Å². The number of aryl methyl sites for hydroxylation is 2. The minimum absolute atomic E-state index is 0.875. The summed E-state index contributed by atoms with van der Waals surface area (Å²) >= 11 is 3.60. The Kier molecular flexibility index (Phi) is 4.63. The second-order valence-corrected chi connectivity index (χ2v) is 6.98. The summed E-state index contributed by atoms with van der Waals surface area (Å²) in [6.07, 6.45) is 0. The van der Waals surface area contributed by atoms with E-state index in [0.717, 1.165) is 29.5 Å². The molecule has 0 aliphatic rings. The fraction of sp³-hybridized carbons (Fsp3) is 0.312. The van der Waals surface area contributed by atoms with Crippen molar-refractivity contribution in [3.8, 4) is 0 Å². The van der Waals surface area contributed by atoms with E-state index in [4.69, 9.17) is 0 Å². The van der Waals surface area contributed by atoms with Crippen LogP contribution in [0.15, 0.2) is 40.6 Å². The van der Waals surface area contributed by atoms with Crippen molar-refractivity contribution >= 4 is 28.1 Å². The minimum Gasteiger partial charge on any atom is -0.310 e. The SMILES string of the molecule is Cc1nc2scc(C)n2c1CNCCSc1ccccc1. The molecule has 3 nitrogen and oxygen atoms in total. The van der Waals surface area contributed by atoms with E-state index in [1.54, 1.807) is 11.3 Å². The molecule has 0 spiro atoms. The monoisotopic (exact) mass is 317 g/mol. The van der Waals surface area contributed by atoms with Gasteiger partial charge in [-0.3, -0.25) is 4.40 Å². The van der Waals surface area contributed by atoms with E-state index in [-0.39, 0.29) is 0 Å². The predicted molar refractivity (Wildman–Crippen MR) is 91.4 cm³/mol. The molecule has 0 saturated heterocycles. The molecule has 2 aromatic heterocycles. The van der Waals surface area contributed by atoms with Crippen LogP contribution in [-0.2, 0) is 6.54 Å². The second-order valence-electron chi connectivity index (χ2n) is 4.98. The molecule has 0 aliphatic heterocycles. The Balaban J connectivity index is 1.53. The van der Waals surface area contributed by atoms with Gasteiger partial charge in [-0.2, -0.15) is 0 Å². The van der Waals surface area contributed by atoms with Gasteiger partial charge in [0.05, 0.1) is 11.4 Å². The minimum atomic E-state index is 0.875. The van der Waals surface area contributed by atoms with Crippen LogP contribution < -0.4 is 5.32 Å². The van der Waals surface area contributed by atoms with E-state index in [1.165, 1.54) is 16.3 Å². The molecule has 0 bridgehead atoms. The van der Waals surface area contributed by atoms with Gasteiger partial charge in [-0.15, -0.1) is 23.1 Å². The van der Waals surface area contributed by atoms with Crippen LogP contribution in [0.4, 0.5) is 0 Å². The van der Waals surface area contributed by atoms with Gasteiger partial charge in [-0.1, -0.05) is 18.2 Å². The highest BCUT2D eigenvalue weighted by Crippen LogP contribution is 2.20. The Labute approximate surface area is 133 Å². The molecule has 0 aliphatic carbocycles. The molecule has 0 unspecified atom stereocenters. The van der Waals surface area contributed by atoms with Crippen LogP contribution in [0, 0.1) is 13.8 Å². The number of aromatic nitrogens is 2. The van der Waals surface area contributed by atoms with Crippen molar-refractivity contribution in [2.75, 3.05) is 12.3 Å². The first-order valence-electron chi connectivity index (χ1n) is 7.06. The van der Waals surface area contributed by atoms with Crippen molar-refractivity contribution in [1.29, 1.82) is 0 Å². The third-order valence-electron chi connectivity index (χ3n) is 3.41. The lowest BCUT2D eigenvalue weighted by atomic mass is 10.3. The van der Waals surface area contributed by atoms with Crippen molar-refractivity contribution in [2.24, 2.45) is 0 Å². The van der Waals surface area contributed by atoms with Crippen LogP contribution in [0.3, 0.4) is 0 Å². The zero-order valence-electron chi connectivity index (χ0n) is 12.3. The molecule has 1 aromatic carbocycles. The van der Waals surface area contributed by atoms with Crippen LogP contribution in [-0.4, -0.2) is 21.7 Å². The second kappa shape index (κ2) is 6.64. The normalized spacial score (nSPS) is 11.3. The van der Waals surface area contributed by atoms with E-state index < -0.39 is 0 Å². The summed E-state index contributed by atoms with van der Waals surface area (Å²) < 4.78 is 2.26.